The molecule has 0 saturated carbocycles. The Hall–Kier alpha value is -2.11. The monoisotopic (exact) mass is 331 g/mol. The van der Waals surface area contributed by atoms with Crippen molar-refractivity contribution >= 4 is 5.91 Å². The first-order chi connectivity index (χ1) is 11.5. The molecule has 2 aromatic rings. The number of amides is 1. The zero-order chi connectivity index (χ0) is 17.3. The molecule has 0 bridgehead atoms. The topological polar surface area (TPSA) is 72.4 Å². The van der Waals surface area contributed by atoms with Gasteiger partial charge in [-0.2, -0.15) is 0 Å². The lowest BCUT2D eigenvalue weighted by Crippen LogP contribution is -2.36. The molecule has 0 fully saturated rings. The molecule has 0 aliphatic carbocycles. The van der Waals surface area contributed by atoms with Crippen LogP contribution in [0.5, 0.6) is 0 Å². The van der Waals surface area contributed by atoms with Crippen molar-refractivity contribution in [1.29, 1.82) is 0 Å². The molecular formula is C18H25N3O3. The van der Waals surface area contributed by atoms with Crippen molar-refractivity contribution in [2.45, 2.75) is 59.9 Å². The van der Waals surface area contributed by atoms with Crippen molar-refractivity contribution in [3.8, 4) is 0 Å². The number of aryl methyl sites for hydroxylation is 3. The number of oxazole rings is 1. The summed E-state index contributed by atoms with van der Waals surface area (Å²) in [5, 5.41) is 3.98. The summed E-state index contributed by atoms with van der Waals surface area (Å²) < 4.78 is 11.1. The number of carbonyl (C=O) groups excluding carboxylic acids is 1. The highest BCUT2D eigenvalue weighted by molar-refractivity contribution is 5.96. The van der Waals surface area contributed by atoms with E-state index in [0.29, 0.717) is 43.2 Å². The number of fused-ring (bicyclic) bond motifs is 1. The van der Waals surface area contributed by atoms with Crippen LogP contribution in [0.2, 0.25) is 0 Å². The van der Waals surface area contributed by atoms with Gasteiger partial charge in [-0.1, -0.05) is 25.9 Å². The van der Waals surface area contributed by atoms with Crippen LogP contribution in [-0.2, 0) is 25.8 Å². The molecule has 0 unspecified atom stereocenters. The van der Waals surface area contributed by atoms with E-state index >= 15 is 0 Å². The Kier molecular flexibility index (Phi) is 4.73. The third kappa shape index (κ3) is 3.23. The molecular weight excluding hydrogens is 306 g/mol. The summed E-state index contributed by atoms with van der Waals surface area (Å²) >= 11 is 0. The second kappa shape index (κ2) is 6.79. The number of nitrogens with zero attached hydrogens (tertiary/aromatic N) is 3. The van der Waals surface area contributed by atoms with Crippen molar-refractivity contribution in [2.24, 2.45) is 5.92 Å². The van der Waals surface area contributed by atoms with E-state index in [4.69, 9.17) is 8.94 Å². The lowest BCUT2D eigenvalue weighted by molar-refractivity contribution is 0.0725. The molecule has 3 heterocycles. The Balaban J connectivity index is 1.75. The van der Waals surface area contributed by atoms with E-state index in [9.17, 15) is 4.79 Å². The molecule has 24 heavy (non-hydrogen) atoms. The number of aromatic nitrogens is 2. The van der Waals surface area contributed by atoms with Gasteiger partial charge in [0.2, 0.25) is 0 Å². The third-order valence-electron chi connectivity index (χ3n) is 4.48. The zero-order valence-electron chi connectivity index (χ0n) is 14.9. The molecule has 0 saturated heterocycles. The van der Waals surface area contributed by atoms with Gasteiger partial charge in [0.25, 0.3) is 5.91 Å². The summed E-state index contributed by atoms with van der Waals surface area (Å²) in [5.74, 6) is 2.90. The van der Waals surface area contributed by atoms with Crippen molar-refractivity contribution < 1.29 is 13.7 Å². The van der Waals surface area contributed by atoms with Crippen LogP contribution in [0.1, 0.15) is 66.3 Å². The zero-order valence-corrected chi connectivity index (χ0v) is 14.9. The fraction of sp³-hybridized carbons (Fsp3) is 0.611. The van der Waals surface area contributed by atoms with Crippen LogP contribution in [0.15, 0.2) is 8.94 Å². The molecule has 6 heteroatoms. The van der Waals surface area contributed by atoms with E-state index < -0.39 is 0 Å². The quantitative estimate of drug-likeness (QED) is 0.840. The van der Waals surface area contributed by atoms with Gasteiger partial charge in [-0.3, -0.25) is 4.79 Å². The standard InChI is InChI=1S/C18H25N3O3/c1-5-13-17(12(4)24-20-13)18(22)21-9-8-15-14(10-21)19-16(23-15)7-6-11(2)3/h11H,5-10H2,1-4H3. The molecule has 1 aliphatic heterocycles. The molecule has 3 rings (SSSR count). The Morgan fingerprint density at radius 1 is 1.38 bits per heavy atom. The van der Waals surface area contributed by atoms with Crippen LogP contribution in [0.25, 0.3) is 0 Å². The van der Waals surface area contributed by atoms with Gasteiger partial charge < -0.3 is 13.8 Å². The molecule has 6 nitrogen and oxygen atoms in total. The molecule has 0 aromatic carbocycles. The Labute approximate surface area is 142 Å². The lowest BCUT2D eigenvalue weighted by atomic mass is 10.1. The molecule has 2 aromatic heterocycles. The minimum Gasteiger partial charge on any atom is -0.445 e. The van der Waals surface area contributed by atoms with Crippen LogP contribution in [-0.4, -0.2) is 27.5 Å². The van der Waals surface area contributed by atoms with E-state index in [1.807, 2.05) is 11.8 Å². The van der Waals surface area contributed by atoms with Gasteiger partial charge in [-0.25, -0.2) is 4.98 Å². The summed E-state index contributed by atoms with van der Waals surface area (Å²) in [6.45, 7) is 9.27. The van der Waals surface area contributed by atoms with Gasteiger partial charge in [0.1, 0.15) is 22.8 Å². The number of hydrogen-bond acceptors (Lipinski definition) is 5. The SMILES string of the molecule is CCc1noc(C)c1C(=O)N1CCc2oc(CCC(C)C)nc2C1. The molecule has 1 aliphatic rings. The smallest absolute Gasteiger partial charge is 0.259 e. The van der Waals surface area contributed by atoms with E-state index in [2.05, 4.69) is 24.0 Å². The molecule has 0 N–H and O–H groups in total. The van der Waals surface area contributed by atoms with E-state index in [-0.39, 0.29) is 5.91 Å². The maximum Gasteiger partial charge on any atom is 0.259 e. The van der Waals surface area contributed by atoms with Crippen LogP contribution in [0.3, 0.4) is 0 Å². The first-order valence-corrected chi connectivity index (χ1v) is 8.71. The number of rotatable bonds is 5. The minimum atomic E-state index is -0.0250. The fourth-order valence-corrected chi connectivity index (χ4v) is 3.04. The summed E-state index contributed by atoms with van der Waals surface area (Å²) in [6, 6.07) is 0. The first-order valence-electron chi connectivity index (χ1n) is 8.71. The molecule has 0 radical (unpaired) electrons. The summed E-state index contributed by atoms with van der Waals surface area (Å²) in [7, 11) is 0. The Morgan fingerprint density at radius 3 is 2.88 bits per heavy atom. The maximum atomic E-state index is 12.9. The van der Waals surface area contributed by atoms with Crippen LogP contribution in [0.4, 0.5) is 0 Å². The largest absolute Gasteiger partial charge is 0.445 e. The van der Waals surface area contributed by atoms with Crippen LogP contribution < -0.4 is 0 Å². The van der Waals surface area contributed by atoms with Crippen molar-refractivity contribution in [2.75, 3.05) is 6.54 Å². The lowest BCUT2D eigenvalue weighted by Gasteiger charge is -2.25. The van der Waals surface area contributed by atoms with Crippen molar-refractivity contribution in [1.82, 2.24) is 15.0 Å². The Bertz CT molecular complexity index is 730. The Morgan fingerprint density at radius 2 is 2.17 bits per heavy atom. The molecule has 1 amide bonds. The second-order valence-electron chi connectivity index (χ2n) is 6.80. The van der Waals surface area contributed by atoms with Gasteiger partial charge in [0, 0.05) is 19.4 Å². The van der Waals surface area contributed by atoms with Gasteiger partial charge in [-0.05, 0) is 25.7 Å². The molecule has 0 spiro atoms. The highest BCUT2D eigenvalue weighted by atomic mass is 16.5. The van der Waals surface area contributed by atoms with Gasteiger partial charge >= 0.3 is 0 Å². The summed E-state index contributed by atoms with van der Waals surface area (Å²) in [5.41, 5.74) is 2.21. The third-order valence-corrected chi connectivity index (χ3v) is 4.48. The second-order valence-corrected chi connectivity index (χ2v) is 6.80. The minimum absolute atomic E-state index is 0.0250. The van der Waals surface area contributed by atoms with Crippen LogP contribution >= 0.6 is 0 Å². The van der Waals surface area contributed by atoms with E-state index in [1.165, 1.54) is 0 Å². The van der Waals surface area contributed by atoms with E-state index in [0.717, 1.165) is 35.9 Å². The van der Waals surface area contributed by atoms with Gasteiger partial charge in [-0.15, -0.1) is 0 Å². The van der Waals surface area contributed by atoms with Gasteiger partial charge in [0.15, 0.2) is 5.89 Å². The maximum absolute atomic E-state index is 12.9. The predicted octanol–water partition coefficient (Wildman–Crippen LogP) is 3.32. The normalized spacial score (nSPS) is 14.3. The van der Waals surface area contributed by atoms with Crippen molar-refractivity contribution in [3.05, 3.63) is 34.4 Å². The summed E-state index contributed by atoms with van der Waals surface area (Å²) in [6.07, 6.45) is 3.30. The number of carbonyl (C=O) groups is 1. The van der Waals surface area contributed by atoms with Gasteiger partial charge in [0.05, 0.1) is 12.2 Å². The molecule has 0 atom stereocenters. The molecule has 130 valence electrons. The predicted molar refractivity (Wildman–Crippen MR) is 88.7 cm³/mol. The number of hydrogen-bond donors (Lipinski definition) is 0. The summed E-state index contributed by atoms with van der Waals surface area (Å²) in [4.78, 5) is 19.3. The van der Waals surface area contributed by atoms with E-state index in [1.54, 1.807) is 6.92 Å². The van der Waals surface area contributed by atoms with Crippen molar-refractivity contribution in [3.63, 3.8) is 0 Å². The average Bonchev–Trinajstić information content (AvgIpc) is 3.14. The fourth-order valence-electron chi connectivity index (χ4n) is 3.04. The average molecular weight is 331 g/mol. The highest BCUT2D eigenvalue weighted by Crippen LogP contribution is 2.24. The first kappa shape index (κ1) is 16.7. The van der Waals surface area contributed by atoms with Crippen LogP contribution in [0, 0.1) is 12.8 Å². The highest BCUT2D eigenvalue weighted by Gasteiger charge is 2.29.